The Labute approximate surface area is 165 Å². The maximum Gasteiger partial charge on any atom is 0.240 e. The number of nitriles is 1. The molecule has 2 aromatic rings. The number of amides is 1. The van der Waals surface area contributed by atoms with E-state index in [2.05, 4.69) is 23.5 Å². The predicted molar refractivity (Wildman–Crippen MR) is 109 cm³/mol. The minimum atomic E-state index is -0.0337. The van der Waals surface area contributed by atoms with Gasteiger partial charge in [-0.15, -0.1) is 0 Å². The zero-order valence-electron chi connectivity index (χ0n) is 15.5. The van der Waals surface area contributed by atoms with Crippen molar-refractivity contribution in [3.63, 3.8) is 0 Å². The topological polar surface area (TPSA) is 56.1 Å². The lowest BCUT2D eigenvalue weighted by atomic mass is 10.0. The van der Waals surface area contributed by atoms with Crippen LogP contribution in [0.1, 0.15) is 36.4 Å². The molecule has 0 bridgehead atoms. The molecule has 27 heavy (non-hydrogen) atoms. The number of carbonyl (C=O) groups excluding carboxylic acids is 1. The van der Waals surface area contributed by atoms with Crippen LogP contribution >= 0.6 is 11.6 Å². The largest absolute Gasteiger partial charge is 0.310 e. The molecular weight excluding hydrogens is 358 g/mol. The van der Waals surface area contributed by atoms with Gasteiger partial charge in [-0.3, -0.25) is 4.79 Å². The molecule has 1 saturated carbocycles. The van der Waals surface area contributed by atoms with E-state index in [0.29, 0.717) is 17.5 Å². The fourth-order valence-electron chi connectivity index (χ4n) is 3.30. The highest BCUT2D eigenvalue weighted by atomic mass is 35.5. The Hall–Kier alpha value is -2.35. The van der Waals surface area contributed by atoms with Crippen LogP contribution in [0.25, 0.3) is 0 Å². The summed E-state index contributed by atoms with van der Waals surface area (Å²) in [6, 6.07) is 18.1. The summed E-state index contributed by atoms with van der Waals surface area (Å²) in [5, 5.41) is 13.1. The van der Waals surface area contributed by atoms with E-state index in [1.807, 2.05) is 37.3 Å². The number of hydrogen-bond donors (Lipinski definition) is 1. The molecule has 1 atom stereocenters. The average Bonchev–Trinajstić information content (AvgIpc) is 3.51. The molecule has 4 nitrogen and oxygen atoms in total. The van der Waals surface area contributed by atoms with Crippen molar-refractivity contribution in [1.82, 2.24) is 5.32 Å². The SMILES string of the molecule is Cc1cc(N(CCC#N)C(=O)CNC(c2ccccc2)C2CC2)ccc1Cl. The number of rotatable bonds is 8. The minimum Gasteiger partial charge on any atom is -0.310 e. The van der Waals surface area contributed by atoms with Crippen LogP contribution in [0.15, 0.2) is 48.5 Å². The van der Waals surface area contributed by atoms with Crippen molar-refractivity contribution < 1.29 is 4.79 Å². The molecule has 2 aromatic carbocycles. The number of hydrogen-bond acceptors (Lipinski definition) is 3. The second kappa shape index (κ2) is 9.03. The zero-order valence-corrected chi connectivity index (χ0v) is 16.2. The van der Waals surface area contributed by atoms with E-state index in [1.54, 1.807) is 11.0 Å². The van der Waals surface area contributed by atoms with E-state index in [-0.39, 0.29) is 24.9 Å². The van der Waals surface area contributed by atoms with Crippen LogP contribution < -0.4 is 10.2 Å². The van der Waals surface area contributed by atoms with Gasteiger partial charge in [-0.1, -0.05) is 41.9 Å². The molecule has 3 rings (SSSR count). The van der Waals surface area contributed by atoms with Gasteiger partial charge in [0, 0.05) is 23.3 Å². The smallest absolute Gasteiger partial charge is 0.240 e. The number of aryl methyl sites for hydroxylation is 1. The lowest BCUT2D eigenvalue weighted by Crippen LogP contribution is -2.40. The summed E-state index contributed by atoms with van der Waals surface area (Å²) >= 11 is 6.11. The molecule has 140 valence electrons. The van der Waals surface area contributed by atoms with Crippen molar-refractivity contribution in [1.29, 1.82) is 5.26 Å². The van der Waals surface area contributed by atoms with E-state index in [1.165, 1.54) is 18.4 Å². The third kappa shape index (κ3) is 5.09. The van der Waals surface area contributed by atoms with Crippen LogP contribution in [-0.4, -0.2) is 19.0 Å². The van der Waals surface area contributed by atoms with Gasteiger partial charge in [-0.2, -0.15) is 5.26 Å². The Bertz CT molecular complexity index is 827. The second-order valence-electron chi connectivity index (χ2n) is 6.99. The molecule has 0 saturated heterocycles. The van der Waals surface area contributed by atoms with Gasteiger partial charge in [-0.25, -0.2) is 0 Å². The number of benzene rings is 2. The first-order chi connectivity index (χ1) is 13.1. The van der Waals surface area contributed by atoms with Crippen molar-refractivity contribution in [2.24, 2.45) is 5.92 Å². The van der Waals surface area contributed by atoms with E-state index < -0.39 is 0 Å². The molecule has 1 unspecified atom stereocenters. The first kappa shape index (κ1) is 19.4. The van der Waals surface area contributed by atoms with Gasteiger partial charge in [0.2, 0.25) is 5.91 Å². The van der Waals surface area contributed by atoms with Gasteiger partial charge in [0.1, 0.15) is 0 Å². The molecule has 5 heteroatoms. The normalized spacial score (nSPS) is 14.4. The molecule has 0 heterocycles. The van der Waals surface area contributed by atoms with Gasteiger partial charge < -0.3 is 10.2 Å². The number of carbonyl (C=O) groups is 1. The van der Waals surface area contributed by atoms with Gasteiger partial charge >= 0.3 is 0 Å². The minimum absolute atomic E-state index is 0.0337. The maximum atomic E-state index is 12.9. The summed E-state index contributed by atoms with van der Waals surface area (Å²) in [6.07, 6.45) is 2.67. The highest BCUT2D eigenvalue weighted by Crippen LogP contribution is 2.40. The second-order valence-corrected chi connectivity index (χ2v) is 7.40. The maximum absolute atomic E-state index is 12.9. The van der Waals surface area contributed by atoms with Crippen LogP contribution in [0, 0.1) is 24.2 Å². The van der Waals surface area contributed by atoms with Crippen molar-refractivity contribution in [3.05, 3.63) is 64.7 Å². The van der Waals surface area contributed by atoms with Crippen molar-refractivity contribution in [2.75, 3.05) is 18.0 Å². The van der Waals surface area contributed by atoms with Crippen LogP contribution in [-0.2, 0) is 4.79 Å². The summed E-state index contributed by atoms with van der Waals surface area (Å²) in [4.78, 5) is 14.6. The Kier molecular flexibility index (Phi) is 6.49. The van der Waals surface area contributed by atoms with E-state index in [4.69, 9.17) is 16.9 Å². The van der Waals surface area contributed by atoms with Crippen LogP contribution in [0.3, 0.4) is 0 Å². The Balaban J connectivity index is 1.72. The van der Waals surface area contributed by atoms with E-state index in [0.717, 1.165) is 11.3 Å². The molecule has 1 fully saturated rings. The molecule has 0 aromatic heterocycles. The number of nitrogens with zero attached hydrogens (tertiary/aromatic N) is 2. The molecule has 1 aliphatic rings. The molecular formula is C22H24ClN3O. The van der Waals surface area contributed by atoms with Gasteiger partial charge in [-0.05, 0) is 55.0 Å². The number of halogens is 1. The zero-order chi connectivity index (χ0) is 19.2. The highest BCUT2D eigenvalue weighted by Gasteiger charge is 2.32. The summed E-state index contributed by atoms with van der Waals surface area (Å²) in [6.45, 7) is 2.52. The van der Waals surface area contributed by atoms with Gasteiger partial charge in [0.15, 0.2) is 0 Å². The van der Waals surface area contributed by atoms with Crippen LogP contribution in [0.2, 0.25) is 5.02 Å². The highest BCUT2D eigenvalue weighted by molar-refractivity contribution is 6.31. The van der Waals surface area contributed by atoms with Crippen molar-refractivity contribution in [3.8, 4) is 6.07 Å². The average molecular weight is 382 g/mol. The van der Waals surface area contributed by atoms with Crippen LogP contribution in [0.4, 0.5) is 5.69 Å². The lowest BCUT2D eigenvalue weighted by molar-refractivity contribution is -0.117. The summed E-state index contributed by atoms with van der Waals surface area (Å²) in [7, 11) is 0. The lowest BCUT2D eigenvalue weighted by Gasteiger charge is -2.25. The van der Waals surface area contributed by atoms with E-state index >= 15 is 0 Å². The van der Waals surface area contributed by atoms with Crippen molar-refractivity contribution in [2.45, 2.75) is 32.2 Å². The first-order valence-corrected chi connectivity index (χ1v) is 9.69. The fourth-order valence-corrected chi connectivity index (χ4v) is 3.41. The molecule has 1 aliphatic carbocycles. The van der Waals surface area contributed by atoms with Crippen molar-refractivity contribution >= 4 is 23.2 Å². The molecule has 1 amide bonds. The third-order valence-corrected chi connectivity index (χ3v) is 5.35. The fraction of sp³-hybridized carbons (Fsp3) is 0.364. The molecule has 1 N–H and O–H groups in total. The Morgan fingerprint density at radius 2 is 2.04 bits per heavy atom. The number of anilines is 1. The van der Waals surface area contributed by atoms with Crippen LogP contribution in [0.5, 0.6) is 0 Å². The summed E-state index contributed by atoms with van der Waals surface area (Å²) in [5.74, 6) is 0.555. The van der Waals surface area contributed by atoms with E-state index in [9.17, 15) is 4.79 Å². The van der Waals surface area contributed by atoms with Gasteiger partial charge in [0.25, 0.3) is 0 Å². The molecule has 0 aliphatic heterocycles. The predicted octanol–water partition coefficient (Wildman–Crippen LogP) is 4.64. The summed E-state index contributed by atoms with van der Waals surface area (Å²) < 4.78 is 0. The van der Waals surface area contributed by atoms with Gasteiger partial charge in [0.05, 0.1) is 19.0 Å². The quantitative estimate of drug-likeness (QED) is 0.724. The number of nitrogens with one attached hydrogen (secondary N) is 1. The Morgan fingerprint density at radius 1 is 1.30 bits per heavy atom. The molecule has 0 radical (unpaired) electrons. The monoisotopic (exact) mass is 381 g/mol. The first-order valence-electron chi connectivity index (χ1n) is 9.32. The standard InChI is InChI=1S/C22H24ClN3O/c1-16-14-19(10-11-20(16)23)26(13-5-12-24)21(27)15-25-22(18-8-9-18)17-6-3-2-4-7-17/h2-4,6-7,10-11,14,18,22,25H,5,8-9,13,15H2,1H3. The summed E-state index contributed by atoms with van der Waals surface area (Å²) in [5.41, 5.74) is 2.91. The Morgan fingerprint density at radius 3 is 2.67 bits per heavy atom. The molecule has 0 spiro atoms. The third-order valence-electron chi connectivity index (χ3n) is 4.93.